The molecule has 1 heterocycles. The minimum Gasteiger partial charge on any atom is -0.291 e. The summed E-state index contributed by atoms with van der Waals surface area (Å²) in [6.07, 6.45) is 1.05. The molecule has 6 nitrogen and oxygen atoms in total. The Kier molecular flexibility index (Phi) is 4.45. The highest BCUT2D eigenvalue weighted by Crippen LogP contribution is 2.18. The fourth-order valence-electron chi connectivity index (χ4n) is 2.00. The maximum Gasteiger partial charge on any atom is 0.269 e. The first-order valence-electron chi connectivity index (χ1n) is 6.69. The molecule has 0 bridgehead atoms. The number of hydrogen-bond donors (Lipinski definition) is 2. The van der Waals surface area contributed by atoms with E-state index in [0.29, 0.717) is 5.92 Å². The molecule has 0 radical (unpaired) electrons. The molecule has 0 aliphatic carbocycles. The second-order valence-corrected chi connectivity index (χ2v) is 5.29. The van der Waals surface area contributed by atoms with Crippen LogP contribution in [0.5, 0.6) is 0 Å². The average molecular weight is 273 g/mol. The van der Waals surface area contributed by atoms with E-state index in [-0.39, 0.29) is 17.8 Å². The Hall–Kier alpha value is -2.24. The molecule has 2 aromatic rings. The van der Waals surface area contributed by atoms with Crippen LogP contribution in [0.1, 0.15) is 37.8 Å². The zero-order valence-electron chi connectivity index (χ0n) is 11.9. The van der Waals surface area contributed by atoms with Crippen molar-refractivity contribution in [1.82, 2.24) is 20.6 Å². The highest BCUT2D eigenvalue weighted by Gasteiger charge is 2.16. The van der Waals surface area contributed by atoms with Crippen LogP contribution in [-0.2, 0) is 11.2 Å². The van der Waals surface area contributed by atoms with E-state index in [0.717, 1.165) is 12.0 Å². The minimum atomic E-state index is -0.262. The normalized spacial score (nSPS) is 12.4. The van der Waals surface area contributed by atoms with E-state index in [1.807, 2.05) is 19.1 Å². The Bertz CT molecular complexity index is 547. The lowest BCUT2D eigenvalue weighted by atomic mass is 9.96. The van der Waals surface area contributed by atoms with Crippen LogP contribution in [0.2, 0.25) is 0 Å². The fourth-order valence-corrected chi connectivity index (χ4v) is 2.00. The molecule has 1 aromatic heterocycles. The van der Waals surface area contributed by atoms with Crippen molar-refractivity contribution in [2.75, 3.05) is 5.32 Å². The second kappa shape index (κ2) is 6.27. The number of hydrogen-bond acceptors (Lipinski definition) is 4. The van der Waals surface area contributed by atoms with Crippen LogP contribution in [-0.4, -0.2) is 26.5 Å². The monoisotopic (exact) mass is 273 g/mol. The van der Waals surface area contributed by atoms with Crippen molar-refractivity contribution in [3.8, 4) is 0 Å². The minimum absolute atomic E-state index is 0.150. The van der Waals surface area contributed by atoms with Gasteiger partial charge >= 0.3 is 0 Å². The summed E-state index contributed by atoms with van der Waals surface area (Å²) in [6.45, 7) is 6.23. The van der Waals surface area contributed by atoms with Crippen molar-refractivity contribution in [2.45, 2.75) is 33.1 Å². The lowest BCUT2D eigenvalue weighted by Crippen LogP contribution is -2.19. The van der Waals surface area contributed by atoms with Gasteiger partial charge in [-0.1, -0.05) is 43.2 Å². The maximum atomic E-state index is 12.0. The largest absolute Gasteiger partial charge is 0.291 e. The smallest absolute Gasteiger partial charge is 0.269 e. The number of aromatic nitrogens is 4. The molecule has 1 aromatic carbocycles. The number of aromatic amines is 1. The molecule has 0 fully saturated rings. The summed E-state index contributed by atoms with van der Waals surface area (Å²) in [4.78, 5) is 12.0. The van der Waals surface area contributed by atoms with Gasteiger partial charge in [0.2, 0.25) is 5.91 Å². The molecule has 106 valence electrons. The van der Waals surface area contributed by atoms with Crippen LogP contribution < -0.4 is 5.32 Å². The summed E-state index contributed by atoms with van der Waals surface area (Å²) in [7, 11) is 0. The summed E-state index contributed by atoms with van der Waals surface area (Å²) in [5.74, 6) is 0.405. The molecule has 0 unspecified atom stereocenters. The Morgan fingerprint density at radius 2 is 1.95 bits per heavy atom. The van der Waals surface area contributed by atoms with Crippen LogP contribution in [0.15, 0.2) is 24.3 Å². The van der Waals surface area contributed by atoms with Crippen molar-refractivity contribution in [2.24, 2.45) is 5.92 Å². The van der Waals surface area contributed by atoms with Crippen molar-refractivity contribution in [3.05, 3.63) is 35.4 Å². The van der Waals surface area contributed by atoms with Gasteiger partial charge in [0.05, 0.1) is 5.92 Å². The van der Waals surface area contributed by atoms with Crippen LogP contribution in [0.4, 0.5) is 5.95 Å². The number of nitrogens with zero attached hydrogens (tertiary/aromatic N) is 3. The second-order valence-electron chi connectivity index (χ2n) is 5.29. The predicted octanol–water partition coefficient (Wildman–Crippen LogP) is 2.14. The van der Waals surface area contributed by atoms with Gasteiger partial charge in [0, 0.05) is 0 Å². The first-order chi connectivity index (χ1) is 9.56. The molecule has 0 saturated heterocycles. The first kappa shape index (κ1) is 14.2. The zero-order valence-corrected chi connectivity index (χ0v) is 11.9. The summed E-state index contributed by atoms with van der Waals surface area (Å²) >= 11 is 0. The average Bonchev–Trinajstić information content (AvgIpc) is 2.91. The van der Waals surface area contributed by atoms with Crippen molar-refractivity contribution in [3.63, 3.8) is 0 Å². The Balaban J connectivity index is 2.01. The number of rotatable bonds is 5. The van der Waals surface area contributed by atoms with Crippen LogP contribution >= 0.6 is 0 Å². The number of carbonyl (C=O) groups excluding carboxylic acids is 1. The van der Waals surface area contributed by atoms with E-state index in [4.69, 9.17) is 0 Å². The van der Waals surface area contributed by atoms with Crippen molar-refractivity contribution < 1.29 is 4.79 Å². The maximum absolute atomic E-state index is 12.0. The summed E-state index contributed by atoms with van der Waals surface area (Å²) in [5, 5.41) is 15.7. The summed E-state index contributed by atoms with van der Waals surface area (Å²) < 4.78 is 0. The molecular formula is C14H19N5O. The first-order valence-corrected chi connectivity index (χ1v) is 6.69. The van der Waals surface area contributed by atoms with Gasteiger partial charge in [0.25, 0.3) is 5.95 Å². The summed E-state index contributed by atoms with van der Waals surface area (Å²) in [6, 6.07) is 8.15. The molecule has 0 aliphatic heterocycles. The lowest BCUT2D eigenvalue weighted by Gasteiger charge is -2.12. The van der Waals surface area contributed by atoms with Gasteiger partial charge in [-0.25, -0.2) is 0 Å². The fraction of sp³-hybridized carbons (Fsp3) is 0.429. The van der Waals surface area contributed by atoms with E-state index in [2.05, 4.69) is 51.9 Å². The van der Waals surface area contributed by atoms with E-state index in [1.54, 1.807) is 0 Å². The number of anilines is 1. The quantitative estimate of drug-likeness (QED) is 0.874. The van der Waals surface area contributed by atoms with Gasteiger partial charge in [-0.3, -0.25) is 10.1 Å². The van der Waals surface area contributed by atoms with Gasteiger partial charge in [-0.15, -0.1) is 5.10 Å². The molecule has 2 N–H and O–H groups in total. The number of carbonyl (C=O) groups is 1. The van der Waals surface area contributed by atoms with E-state index in [1.165, 1.54) is 5.56 Å². The SMILES string of the molecule is CC(C)Cc1ccc([C@@H](C)C(=O)Nc2nn[nH]n2)cc1. The topological polar surface area (TPSA) is 83.6 Å². The third kappa shape index (κ3) is 3.63. The third-order valence-corrected chi connectivity index (χ3v) is 3.10. The molecular weight excluding hydrogens is 254 g/mol. The molecule has 0 saturated carbocycles. The van der Waals surface area contributed by atoms with Gasteiger partial charge in [0.15, 0.2) is 0 Å². The highest BCUT2D eigenvalue weighted by molar-refractivity contribution is 5.94. The van der Waals surface area contributed by atoms with Gasteiger partial charge in [-0.2, -0.15) is 5.21 Å². The van der Waals surface area contributed by atoms with Gasteiger partial charge in [-0.05, 0) is 35.6 Å². The van der Waals surface area contributed by atoms with Crippen LogP contribution in [0.3, 0.4) is 0 Å². The molecule has 6 heteroatoms. The Morgan fingerprint density at radius 3 is 2.50 bits per heavy atom. The standard InChI is InChI=1S/C14H19N5O/c1-9(2)8-11-4-6-12(7-5-11)10(3)13(20)15-14-16-18-19-17-14/h4-7,9-10H,8H2,1-3H3,(H2,15,16,17,18,19,20)/t10-/m1/s1. The van der Waals surface area contributed by atoms with E-state index >= 15 is 0 Å². The zero-order chi connectivity index (χ0) is 14.5. The van der Waals surface area contributed by atoms with Crippen LogP contribution in [0.25, 0.3) is 0 Å². The molecule has 0 aliphatic rings. The van der Waals surface area contributed by atoms with Gasteiger partial charge in [0.1, 0.15) is 0 Å². The summed E-state index contributed by atoms with van der Waals surface area (Å²) in [5.41, 5.74) is 2.26. The number of H-pyrrole nitrogens is 1. The number of benzene rings is 1. The highest BCUT2D eigenvalue weighted by atomic mass is 16.2. The predicted molar refractivity (Wildman–Crippen MR) is 76.2 cm³/mol. The molecule has 0 spiro atoms. The van der Waals surface area contributed by atoms with Crippen molar-refractivity contribution >= 4 is 11.9 Å². The van der Waals surface area contributed by atoms with Crippen molar-refractivity contribution in [1.29, 1.82) is 0 Å². The Labute approximate surface area is 118 Å². The Morgan fingerprint density at radius 1 is 1.25 bits per heavy atom. The van der Waals surface area contributed by atoms with Crippen LogP contribution in [0, 0.1) is 5.92 Å². The number of tetrazole rings is 1. The van der Waals surface area contributed by atoms with E-state index in [9.17, 15) is 4.79 Å². The molecule has 2 rings (SSSR count). The van der Waals surface area contributed by atoms with E-state index < -0.39 is 0 Å². The number of amides is 1. The molecule has 20 heavy (non-hydrogen) atoms. The van der Waals surface area contributed by atoms with Gasteiger partial charge < -0.3 is 0 Å². The molecule has 1 amide bonds. The molecule has 1 atom stereocenters. The third-order valence-electron chi connectivity index (χ3n) is 3.10. The number of nitrogens with one attached hydrogen (secondary N) is 2. The lowest BCUT2D eigenvalue weighted by molar-refractivity contribution is -0.117.